The molecule has 0 radical (unpaired) electrons. The Balaban J connectivity index is 2.35. The molecular weight excluding hydrogens is 260 g/mol. The van der Waals surface area contributed by atoms with E-state index in [0.717, 1.165) is 19.4 Å². The van der Waals surface area contributed by atoms with Gasteiger partial charge in [0, 0.05) is 18.3 Å². The van der Waals surface area contributed by atoms with Gasteiger partial charge in [0.15, 0.2) is 0 Å². The van der Waals surface area contributed by atoms with E-state index in [1.54, 1.807) is 12.1 Å². The van der Waals surface area contributed by atoms with Crippen LogP contribution in [0.4, 0.5) is 0 Å². The summed E-state index contributed by atoms with van der Waals surface area (Å²) in [6.07, 6.45) is 3.53. The quantitative estimate of drug-likeness (QED) is 0.571. The summed E-state index contributed by atoms with van der Waals surface area (Å²) in [5.74, 6) is -0.167. The molecule has 1 amide bonds. The van der Waals surface area contributed by atoms with E-state index in [9.17, 15) is 4.79 Å². The van der Waals surface area contributed by atoms with Gasteiger partial charge in [0.25, 0.3) is 5.91 Å². The number of thiocarbonyl (C=S) groups is 1. The van der Waals surface area contributed by atoms with Gasteiger partial charge in [-0.2, -0.15) is 0 Å². The second-order valence-corrected chi connectivity index (χ2v) is 5.00. The van der Waals surface area contributed by atoms with Crippen LogP contribution in [0.5, 0.6) is 0 Å². The number of hydrogen-bond acceptors (Lipinski definition) is 4. The fraction of sp³-hybridized carbons (Fsp3) is 0.462. The van der Waals surface area contributed by atoms with Crippen molar-refractivity contribution in [3.63, 3.8) is 0 Å². The van der Waals surface area contributed by atoms with Crippen LogP contribution in [0.1, 0.15) is 28.9 Å². The molecule has 1 rings (SSSR count). The summed E-state index contributed by atoms with van der Waals surface area (Å²) in [5, 5.41) is 2.84. The minimum Gasteiger partial charge on any atom is -0.389 e. The number of rotatable bonds is 7. The largest absolute Gasteiger partial charge is 0.389 e. The number of aromatic nitrogens is 1. The van der Waals surface area contributed by atoms with Crippen molar-refractivity contribution in [3.05, 3.63) is 29.6 Å². The number of hydrogen-bond donors (Lipinski definition) is 2. The molecule has 0 atom stereocenters. The molecule has 0 bridgehead atoms. The van der Waals surface area contributed by atoms with Crippen molar-refractivity contribution >= 4 is 23.1 Å². The zero-order chi connectivity index (χ0) is 14.3. The van der Waals surface area contributed by atoms with Gasteiger partial charge in [-0.1, -0.05) is 12.2 Å². The molecule has 6 heteroatoms. The Morgan fingerprint density at radius 1 is 1.42 bits per heavy atom. The van der Waals surface area contributed by atoms with Crippen LogP contribution in [0.3, 0.4) is 0 Å². The molecule has 0 aromatic carbocycles. The maximum absolute atomic E-state index is 11.8. The first-order chi connectivity index (χ1) is 9.00. The minimum atomic E-state index is -0.167. The first-order valence-electron chi connectivity index (χ1n) is 6.19. The van der Waals surface area contributed by atoms with Crippen LogP contribution in [0, 0.1) is 0 Å². The van der Waals surface area contributed by atoms with E-state index in [2.05, 4.69) is 15.2 Å². The van der Waals surface area contributed by atoms with Crippen LogP contribution < -0.4 is 11.1 Å². The molecule has 1 aromatic rings. The number of amides is 1. The van der Waals surface area contributed by atoms with Gasteiger partial charge in [-0.3, -0.25) is 9.78 Å². The highest BCUT2D eigenvalue weighted by Crippen LogP contribution is 2.00. The third kappa shape index (κ3) is 5.76. The monoisotopic (exact) mass is 280 g/mol. The first kappa shape index (κ1) is 15.5. The van der Waals surface area contributed by atoms with Crippen molar-refractivity contribution in [1.29, 1.82) is 0 Å². The highest BCUT2D eigenvalue weighted by Gasteiger charge is 2.06. The van der Waals surface area contributed by atoms with Crippen molar-refractivity contribution in [2.45, 2.75) is 12.8 Å². The molecule has 19 heavy (non-hydrogen) atoms. The Bertz CT molecular complexity index is 431. The van der Waals surface area contributed by atoms with Crippen LogP contribution >= 0.6 is 12.2 Å². The molecule has 5 nitrogen and oxygen atoms in total. The average molecular weight is 280 g/mol. The van der Waals surface area contributed by atoms with Crippen LogP contribution in [-0.4, -0.2) is 48.0 Å². The van der Waals surface area contributed by atoms with E-state index in [-0.39, 0.29) is 10.9 Å². The van der Waals surface area contributed by atoms with Gasteiger partial charge in [0.2, 0.25) is 0 Å². The molecule has 0 spiro atoms. The molecule has 0 unspecified atom stereocenters. The molecule has 0 aliphatic rings. The van der Waals surface area contributed by atoms with Gasteiger partial charge in [0.05, 0.1) is 0 Å². The predicted octanol–water partition coefficient (Wildman–Crippen LogP) is 0.787. The SMILES string of the molecule is CN(C)CCCCNC(=O)c1ccc(C(N)=S)cn1. The third-order valence-electron chi connectivity index (χ3n) is 2.60. The lowest BCUT2D eigenvalue weighted by Gasteiger charge is -2.09. The van der Waals surface area contributed by atoms with Crippen LogP contribution in [-0.2, 0) is 0 Å². The topological polar surface area (TPSA) is 71.2 Å². The molecule has 0 aliphatic carbocycles. The summed E-state index contributed by atoms with van der Waals surface area (Å²) in [6, 6.07) is 3.33. The summed E-state index contributed by atoms with van der Waals surface area (Å²) in [6.45, 7) is 1.68. The minimum absolute atomic E-state index is 0.167. The third-order valence-corrected chi connectivity index (χ3v) is 2.83. The fourth-order valence-corrected chi connectivity index (χ4v) is 1.64. The Morgan fingerprint density at radius 3 is 2.68 bits per heavy atom. The lowest BCUT2D eigenvalue weighted by atomic mass is 10.2. The van der Waals surface area contributed by atoms with Crippen molar-refractivity contribution in [2.75, 3.05) is 27.2 Å². The van der Waals surface area contributed by atoms with Crippen molar-refractivity contribution < 1.29 is 4.79 Å². The number of pyridine rings is 1. The van der Waals surface area contributed by atoms with Crippen molar-refractivity contribution in [2.24, 2.45) is 5.73 Å². The summed E-state index contributed by atoms with van der Waals surface area (Å²) in [5.41, 5.74) is 6.51. The molecule has 3 N–H and O–H groups in total. The number of carbonyl (C=O) groups is 1. The molecule has 104 valence electrons. The number of carbonyl (C=O) groups excluding carboxylic acids is 1. The summed E-state index contributed by atoms with van der Waals surface area (Å²) in [4.78, 5) is 18.2. The summed E-state index contributed by atoms with van der Waals surface area (Å²) >= 11 is 4.82. The molecule has 0 fully saturated rings. The van der Waals surface area contributed by atoms with E-state index in [1.165, 1.54) is 6.20 Å². The zero-order valence-corrected chi connectivity index (χ0v) is 12.2. The first-order valence-corrected chi connectivity index (χ1v) is 6.60. The average Bonchev–Trinajstić information content (AvgIpc) is 2.37. The molecule has 0 saturated heterocycles. The normalized spacial score (nSPS) is 10.5. The Labute approximate surface area is 119 Å². The van der Waals surface area contributed by atoms with Crippen LogP contribution in [0.15, 0.2) is 18.3 Å². The van der Waals surface area contributed by atoms with Gasteiger partial charge in [-0.25, -0.2) is 0 Å². The van der Waals surface area contributed by atoms with E-state index >= 15 is 0 Å². The highest BCUT2D eigenvalue weighted by atomic mass is 32.1. The standard InChI is InChI=1S/C13H20N4OS/c1-17(2)8-4-3-7-15-13(18)11-6-5-10(9-16-11)12(14)19/h5-6,9H,3-4,7-8H2,1-2H3,(H2,14,19)(H,15,18). The fourth-order valence-electron chi connectivity index (χ4n) is 1.52. The van der Waals surface area contributed by atoms with Crippen molar-refractivity contribution in [1.82, 2.24) is 15.2 Å². The Morgan fingerprint density at radius 2 is 2.16 bits per heavy atom. The van der Waals surface area contributed by atoms with E-state index in [4.69, 9.17) is 18.0 Å². The summed E-state index contributed by atoms with van der Waals surface area (Å²) in [7, 11) is 4.07. The van der Waals surface area contributed by atoms with Crippen LogP contribution in [0.2, 0.25) is 0 Å². The van der Waals surface area contributed by atoms with Crippen LogP contribution in [0.25, 0.3) is 0 Å². The Hall–Kier alpha value is -1.53. The molecule has 0 saturated carbocycles. The molecule has 1 heterocycles. The van der Waals surface area contributed by atoms with Gasteiger partial charge >= 0.3 is 0 Å². The van der Waals surface area contributed by atoms with Crippen molar-refractivity contribution in [3.8, 4) is 0 Å². The van der Waals surface area contributed by atoms with Gasteiger partial charge in [0.1, 0.15) is 10.7 Å². The lowest BCUT2D eigenvalue weighted by molar-refractivity contribution is 0.0948. The van der Waals surface area contributed by atoms with E-state index < -0.39 is 0 Å². The number of unbranched alkanes of at least 4 members (excludes halogenated alkanes) is 1. The van der Waals surface area contributed by atoms with Gasteiger partial charge in [-0.05, 0) is 45.6 Å². The maximum atomic E-state index is 11.8. The highest BCUT2D eigenvalue weighted by molar-refractivity contribution is 7.80. The lowest BCUT2D eigenvalue weighted by Crippen LogP contribution is -2.26. The second kappa shape index (κ2) is 7.81. The van der Waals surface area contributed by atoms with Gasteiger partial charge < -0.3 is 16.0 Å². The summed E-state index contributed by atoms with van der Waals surface area (Å²) < 4.78 is 0. The zero-order valence-electron chi connectivity index (χ0n) is 11.3. The molecule has 0 aliphatic heterocycles. The second-order valence-electron chi connectivity index (χ2n) is 4.56. The number of nitrogens with one attached hydrogen (secondary N) is 1. The maximum Gasteiger partial charge on any atom is 0.269 e. The van der Waals surface area contributed by atoms with E-state index in [1.807, 2.05) is 14.1 Å². The predicted molar refractivity (Wildman–Crippen MR) is 80.2 cm³/mol. The Kier molecular flexibility index (Phi) is 6.38. The molecule has 1 aromatic heterocycles. The molecular formula is C13H20N4OS. The number of nitrogens with two attached hydrogens (primary N) is 1. The number of nitrogens with zero attached hydrogens (tertiary/aromatic N) is 2. The smallest absolute Gasteiger partial charge is 0.269 e. The van der Waals surface area contributed by atoms with Gasteiger partial charge in [-0.15, -0.1) is 0 Å². The van der Waals surface area contributed by atoms with E-state index in [0.29, 0.717) is 17.8 Å².